The van der Waals surface area contributed by atoms with Gasteiger partial charge >= 0.3 is 6.03 Å². The number of alkyl halides is 2. The van der Waals surface area contributed by atoms with E-state index in [4.69, 9.17) is 28.2 Å². The Morgan fingerprint density at radius 2 is 1.56 bits per heavy atom. The molecule has 0 aliphatic rings. The molecule has 1 aromatic heterocycles. The van der Waals surface area contributed by atoms with Gasteiger partial charge in [-0.25, -0.2) is 9.78 Å². The number of carbonyl (C=O) groups excluding carboxylic acids is 1. The number of nitrogens with one attached hydrogen (secondary N) is 2. The van der Waals surface area contributed by atoms with Gasteiger partial charge in [-0.1, -0.05) is 46.3 Å². The van der Waals surface area contributed by atoms with Crippen LogP contribution in [0.5, 0.6) is 0 Å². The topological polar surface area (TPSA) is 57.3 Å². The van der Waals surface area contributed by atoms with E-state index in [1.54, 1.807) is 0 Å². The molecule has 0 saturated heterocycles. The Labute approximate surface area is 217 Å². The maximum absolute atomic E-state index is 12.8. The van der Waals surface area contributed by atoms with E-state index in [9.17, 15) is 4.79 Å². The van der Waals surface area contributed by atoms with Gasteiger partial charge in [-0.15, -0.1) is 23.2 Å². The normalized spacial score (nSPS) is 10.8. The van der Waals surface area contributed by atoms with Gasteiger partial charge in [0.25, 0.3) is 0 Å². The van der Waals surface area contributed by atoms with Crippen LogP contribution in [0, 0.1) is 0 Å². The van der Waals surface area contributed by atoms with Crippen LogP contribution >= 0.6 is 39.1 Å². The first kappa shape index (κ1) is 24.3. The highest BCUT2D eigenvalue weighted by atomic mass is 79.9. The van der Waals surface area contributed by atoms with Gasteiger partial charge in [0.2, 0.25) is 0 Å². The van der Waals surface area contributed by atoms with Crippen LogP contribution in [0.1, 0.15) is 0 Å². The summed E-state index contributed by atoms with van der Waals surface area (Å²) in [6.45, 7) is 1.41. The van der Waals surface area contributed by atoms with E-state index in [2.05, 4.69) is 31.5 Å². The molecule has 2 amide bonds. The van der Waals surface area contributed by atoms with Crippen LogP contribution in [-0.4, -0.2) is 35.9 Å². The molecule has 3 aromatic carbocycles. The smallest absolute Gasteiger partial charge is 0.323 e. The van der Waals surface area contributed by atoms with Gasteiger partial charge in [0.05, 0.1) is 16.9 Å². The molecule has 0 unspecified atom stereocenters. The lowest BCUT2D eigenvalue weighted by molar-refractivity contribution is 0.262. The van der Waals surface area contributed by atoms with Crippen LogP contribution in [0.2, 0.25) is 0 Å². The van der Waals surface area contributed by atoms with Crippen molar-refractivity contribution in [2.45, 2.75) is 0 Å². The molecule has 2 N–H and O–H groups in total. The predicted octanol–water partition coefficient (Wildman–Crippen LogP) is 7.59. The monoisotopic (exact) mass is 556 g/mol. The summed E-state index contributed by atoms with van der Waals surface area (Å²) in [5.41, 5.74) is 4.93. The van der Waals surface area contributed by atoms with Crippen LogP contribution in [0.3, 0.4) is 0 Å². The first-order valence-corrected chi connectivity index (χ1v) is 12.6. The fraction of sp³-hybridized carbons (Fsp3) is 0.154. The van der Waals surface area contributed by atoms with Gasteiger partial charge < -0.3 is 15.5 Å². The maximum atomic E-state index is 12.8. The van der Waals surface area contributed by atoms with Crippen molar-refractivity contribution >= 4 is 73.1 Å². The minimum atomic E-state index is -0.329. The van der Waals surface area contributed by atoms with E-state index in [0.29, 0.717) is 36.2 Å². The van der Waals surface area contributed by atoms with E-state index < -0.39 is 0 Å². The van der Waals surface area contributed by atoms with Crippen LogP contribution < -0.4 is 15.5 Å². The van der Waals surface area contributed by atoms with E-state index in [0.717, 1.165) is 32.3 Å². The number of amides is 2. The third-order valence-corrected chi connectivity index (χ3v) is 6.17. The maximum Gasteiger partial charge on any atom is 0.323 e. The molecule has 0 radical (unpaired) electrons. The second kappa shape index (κ2) is 11.6. The van der Waals surface area contributed by atoms with Crippen molar-refractivity contribution in [1.29, 1.82) is 0 Å². The van der Waals surface area contributed by atoms with E-state index in [-0.39, 0.29) is 6.03 Å². The minimum absolute atomic E-state index is 0.329. The van der Waals surface area contributed by atoms with E-state index in [1.165, 1.54) is 0 Å². The molecule has 0 aliphatic carbocycles. The molecular formula is C26H23BrCl2N4O. The average molecular weight is 558 g/mol. The first-order chi connectivity index (χ1) is 16.6. The largest absolute Gasteiger partial charge is 0.369 e. The van der Waals surface area contributed by atoms with Gasteiger partial charge in [-0.2, -0.15) is 0 Å². The van der Waals surface area contributed by atoms with Gasteiger partial charge in [-0.3, -0.25) is 0 Å². The fourth-order valence-corrected chi connectivity index (χ4v) is 4.33. The Balaban J connectivity index is 1.54. The van der Waals surface area contributed by atoms with Crippen LogP contribution in [0.4, 0.5) is 21.9 Å². The number of carbonyl (C=O) groups is 1. The molecule has 5 nitrogen and oxygen atoms in total. The van der Waals surface area contributed by atoms with Crippen molar-refractivity contribution in [2.24, 2.45) is 0 Å². The number of para-hydroxylation sites is 1. The lowest BCUT2D eigenvalue weighted by Gasteiger charge is -2.23. The van der Waals surface area contributed by atoms with Crippen LogP contribution in [-0.2, 0) is 0 Å². The van der Waals surface area contributed by atoms with Crippen molar-refractivity contribution in [3.8, 4) is 11.3 Å². The molecule has 8 heteroatoms. The molecule has 4 rings (SSSR count). The number of pyridine rings is 1. The van der Waals surface area contributed by atoms with Crippen LogP contribution in [0.15, 0.2) is 83.3 Å². The minimum Gasteiger partial charge on any atom is -0.369 e. The number of anilines is 3. The third-order valence-electron chi connectivity index (χ3n) is 5.30. The summed E-state index contributed by atoms with van der Waals surface area (Å²) < 4.78 is 0.995. The zero-order valence-electron chi connectivity index (χ0n) is 18.3. The number of urea groups is 1. The highest BCUT2D eigenvalue weighted by Crippen LogP contribution is 2.29. The number of hydrogen-bond acceptors (Lipinski definition) is 3. The van der Waals surface area contributed by atoms with Gasteiger partial charge in [0.15, 0.2) is 0 Å². The number of rotatable bonds is 8. The van der Waals surface area contributed by atoms with Gasteiger partial charge in [-0.05, 0) is 48.5 Å². The number of benzene rings is 3. The zero-order valence-corrected chi connectivity index (χ0v) is 21.4. The standard InChI is InChI=1S/C26H23BrCl2N4O/c27-19-7-5-18(6-8-19)24-17-25(22-3-1-2-4-23(22)31-24)32-26(34)30-20-9-11-21(12-10-20)33(15-13-28)16-14-29/h1-12,17H,13-16H2,(H2,30,31,32,34). The quantitative estimate of drug-likeness (QED) is 0.219. The van der Waals surface area contributed by atoms with E-state index in [1.807, 2.05) is 78.9 Å². The Morgan fingerprint density at radius 3 is 2.24 bits per heavy atom. The highest BCUT2D eigenvalue weighted by Gasteiger charge is 2.11. The van der Waals surface area contributed by atoms with Crippen molar-refractivity contribution in [3.63, 3.8) is 0 Å². The molecule has 0 fully saturated rings. The van der Waals surface area contributed by atoms with Crippen molar-refractivity contribution in [2.75, 3.05) is 40.4 Å². The Hall–Kier alpha value is -2.80. The molecule has 0 bridgehead atoms. The van der Waals surface area contributed by atoms with Gasteiger partial charge in [0, 0.05) is 51.6 Å². The Morgan fingerprint density at radius 1 is 0.882 bits per heavy atom. The molecule has 4 aromatic rings. The molecule has 174 valence electrons. The lowest BCUT2D eigenvalue weighted by Crippen LogP contribution is -2.27. The number of halogens is 3. The van der Waals surface area contributed by atoms with Crippen molar-refractivity contribution < 1.29 is 4.79 Å². The van der Waals surface area contributed by atoms with E-state index >= 15 is 0 Å². The summed E-state index contributed by atoms with van der Waals surface area (Å²) >= 11 is 15.3. The second-order valence-corrected chi connectivity index (χ2v) is 9.24. The predicted molar refractivity (Wildman–Crippen MR) is 148 cm³/mol. The summed E-state index contributed by atoms with van der Waals surface area (Å²) in [5, 5.41) is 6.76. The third kappa shape index (κ3) is 6.00. The number of aromatic nitrogens is 1. The molecule has 0 atom stereocenters. The fourth-order valence-electron chi connectivity index (χ4n) is 3.66. The summed E-state index contributed by atoms with van der Waals surface area (Å²) in [6.07, 6.45) is 0. The van der Waals surface area contributed by atoms with Crippen LogP contribution in [0.25, 0.3) is 22.2 Å². The molecule has 34 heavy (non-hydrogen) atoms. The summed E-state index contributed by atoms with van der Waals surface area (Å²) in [4.78, 5) is 19.7. The molecule has 1 heterocycles. The number of hydrogen-bond donors (Lipinski definition) is 2. The molecule has 0 saturated carbocycles. The Bertz CT molecular complexity index is 1260. The SMILES string of the molecule is O=C(Nc1ccc(N(CCCl)CCCl)cc1)Nc1cc(-c2ccc(Br)cc2)nc2ccccc12. The van der Waals surface area contributed by atoms with Crippen molar-refractivity contribution in [3.05, 3.63) is 83.3 Å². The molecule has 0 aliphatic heterocycles. The highest BCUT2D eigenvalue weighted by molar-refractivity contribution is 9.10. The zero-order chi connectivity index (χ0) is 23.9. The lowest BCUT2D eigenvalue weighted by atomic mass is 10.1. The summed E-state index contributed by atoms with van der Waals surface area (Å²) in [5.74, 6) is 1.03. The molecular weight excluding hydrogens is 535 g/mol. The number of nitrogens with zero attached hydrogens (tertiary/aromatic N) is 2. The first-order valence-electron chi connectivity index (χ1n) is 10.8. The summed E-state index contributed by atoms with van der Waals surface area (Å²) in [7, 11) is 0. The molecule has 0 spiro atoms. The number of fused-ring (bicyclic) bond motifs is 1. The van der Waals surface area contributed by atoms with Crippen molar-refractivity contribution in [1.82, 2.24) is 4.98 Å². The average Bonchev–Trinajstić information content (AvgIpc) is 2.85. The summed E-state index contributed by atoms with van der Waals surface area (Å²) in [6, 6.07) is 24.8. The second-order valence-electron chi connectivity index (χ2n) is 7.57. The van der Waals surface area contributed by atoms with Gasteiger partial charge in [0.1, 0.15) is 0 Å². The Kier molecular flexibility index (Phi) is 8.27.